The van der Waals surface area contributed by atoms with E-state index in [2.05, 4.69) is 10.3 Å². The lowest BCUT2D eigenvalue weighted by molar-refractivity contribution is 0.102. The number of anilines is 1. The van der Waals surface area contributed by atoms with Gasteiger partial charge >= 0.3 is 0 Å². The van der Waals surface area contributed by atoms with Crippen LogP contribution in [0.1, 0.15) is 10.5 Å². The van der Waals surface area contributed by atoms with Crippen molar-refractivity contribution in [3.05, 3.63) is 60.3 Å². The predicted molar refractivity (Wildman–Crippen MR) is 85.8 cm³/mol. The zero-order valence-corrected chi connectivity index (χ0v) is 12.6. The molecule has 0 saturated carbocycles. The Morgan fingerprint density at radius 2 is 1.82 bits per heavy atom. The fourth-order valence-electron chi connectivity index (χ4n) is 2.20. The van der Waals surface area contributed by atoms with Gasteiger partial charge < -0.3 is 10.3 Å². The van der Waals surface area contributed by atoms with Gasteiger partial charge in [0.2, 0.25) is 0 Å². The van der Waals surface area contributed by atoms with Crippen LogP contribution in [0.15, 0.2) is 59.5 Å². The number of aromatic amines is 1. The van der Waals surface area contributed by atoms with Gasteiger partial charge in [-0.1, -0.05) is 24.3 Å². The molecule has 1 aromatic heterocycles. The number of nitrogens with one attached hydrogen (secondary N) is 2. The van der Waals surface area contributed by atoms with E-state index in [9.17, 15) is 13.2 Å². The molecule has 0 unspecified atom stereocenters. The molecule has 6 heteroatoms. The van der Waals surface area contributed by atoms with E-state index in [1.165, 1.54) is 12.1 Å². The van der Waals surface area contributed by atoms with Gasteiger partial charge in [0.25, 0.3) is 5.91 Å². The Morgan fingerprint density at radius 1 is 1.05 bits per heavy atom. The number of hydrogen-bond donors (Lipinski definition) is 2. The molecule has 0 aliphatic rings. The number of para-hydroxylation sites is 1. The Bertz CT molecular complexity index is 925. The number of benzene rings is 2. The summed E-state index contributed by atoms with van der Waals surface area (Å²) >= 11 is 0. The van der Waals surface area contributed by atoms with Crippen molar-refractivity contribution in [2.75, 3.05) is 11.6 Å². The molecule has 3 rings (SSSR count). The SMILES string of the molecule is CS(=O)(=O)c1cccc(NC(=O)c2cc3ccccc3[nH]2)c1. The fourth-order valence-corrected chi connectivity index (χ4v) is 2.87. The van der Waals surface area contributed by atoms with Gasteiger partial charge in [0.1, 0.15) is 5.69 Å². The van der Waals surface area contributed by atoms with Gasteiger partial charge in [0.15, 0.2) is 9.84 Å². The van der Waals surface area contributed by atoms with Crippen LogP contribution in [0.2, 0.25) is 0 Å². The third-order valence-electron chi connectivity index (χ3n) is 3.29. The summed E-state index contributed by atoms with van der Waals surface area (Å²) < 4.78 is 23.1. The third-order valence-corrected chi connectivity index (χ3v) is 4.40. The van der Waals surface area contributed by atoms with Gasteiger partial charge in [-0.25, -0.2) is 8.42 Å². The van der Waals surface area contributed by atoms with E-state index in [1.54, 1.807) is 18.2 Å². The lowest BCUT2D eigenvalue weighted by atomic mass is 10.2. The van der Waals surface area contributed by atoms with E-state index >= 15 is 0 Å². The van der Waals surface area contributed by atoms with Crippen LogP contribution < -0.4 is 5.32 Å². The summed E-state index contributed by atoms with van der Waals surface area (Å²) in [7, 11) is -3.31. The van der Waals surface area contributed by atoms with Gasteiger partial charge in [-0.15, -0.1) is 0 Å². The average molecular weight is 314 g/mol. The third kappa shape index (κ3) is 2.87. The Hall–Kier alpha value is -2.60. The summed E-state index contributed by atoms with van der Waals surface area (Å²) in [6.07, 6.45) is 1.13. The number of aromatic nitrogens is 1. The van der Waals surface area contributed by atoms with Crippen molar-refractivity contribution in [3.63, 3.8) is 0 Å². The van der Waals surface area contributed by atoms with Gasteiger partial charge in [-0.3, -0.25) is 4.79 Å². The van der Waals surface area contributed by atoms with Crippen molar-refractivity contribution >= 4 is 32.3 Å². The highest BCUT2D eigenvalue weighted by atomic mass is 32.2. The van der Waals surface area contributed by atoms with Crippen LogP contribution in [0, 0.1) is 0 Å². The molecule has 0 spiro atoms. The molecule has 112 valence electrons. The number of amides is 1. The maximum Gasteiger partial charge on any atom is 0.272 e. The van der Waals surface area contributed by atoms with E-state index < -0.39 is 9.84 Å². The molecular formula is C16H14N2O3S. The Balaban J connectivity index is 1.88. The lowest BCUT2D eigenvalue weighted by Crippen LogP contribution is -2.12. The van der Waals surface area contributed by atoms with Crippen LogP contribution in [0.4, 0.5) is 5.69 Å². The van der Waals surface area contributed by atoms with Crippen molar-refractivity contribution in [2.45, 2.75) is 4.90 Å². The number of rotatable bonds is 3. The van der Waals surface area contributed by atoms with Crippen molar-refractivity contribution in [2.24, 2.45) is 0 Å². The minimum atomic E-state index is -3.31. The molecule has 22 heavy (non-hydrogen) atoms. The monoisotopic (exact) mass is 314 g/mol. The average Bonchev–Trinajstić information content (AvgIpc) is 2.90. The van der Waals surface area contributed by atoms with Crippen LogP contribution in [0.3, 0.4) is 0 Å². The van der Waals surface area contributed by atoms with E-state index in [0.717, 1.165) is 17.2 Å². The second-order valence-corrected chi connectivity index (χ2v) is 7.04. The standard InChI is InChI=1S/C16H14N2O3S/c1-22(20,21)13-7-4-6-12(10-13)17-16(19)15-9-11-5-2-3-8-14(11)18-15/h2-10,18H,1H3,(H,17,19). The summed E-state index contributed by atoms with van der Waals surface area (Å²) in [5, 5.41) is 3.64. The smallest absolute Gasteiger partial charge is 0.272 e. The van der Waals surface area contributed by atoms with Gasteiger partial charge in [-0.05, 0) is 30.3 Å². The van der Waals surface area contributed by atoms with E-state index in [-0.39, 0.29) is 10.8 Å². The second-order valence-electron chi connectivity index (χ2n) is 5.02. The molecule has 1 amide bonds. The number of fused-ring (bicyclic) bond motifs is 1. The summed E-state index contributed by atoms with van der Waals surface area (Å²) in [5.41, 5.74) is 1.73. The first-order valence-electron chi connectivity index (χ1n) is 6.63. The highest BCUT2D eigenvalue weighted by Gasteiger charge is 2.12. The summed E-state index contributed by atoms with van der Waals surface area (Å²) in [6.45, 7) is 0. The van der Waals surface area contributed by atoms with Gasteiger partial charge in [0, 0.05) is 22.8 Å². The molecule has 0 bridgehead atoms. The maximum absolute atomic E-state index is 12.3. The zero-order valence-electron chi connectivity index (χ0n) is 11.8. The largest absolute Gasteiger partial charge is 0.351 e. The maximum atomic E-state index is 12.3. The van der Waals surface area contributed by atoms with Crippen molar-refractivity contribution in [1.82, 2.24) is 4.98 Å². The molecular weight excluding hydrogens is 300 g/mol. The number of carbonyl (C=O) groups is 1. The molecule has 2 N–H and O–H groups in total. The number of H-pyrrole nitrogens is 1. The Kier molecular flexibility index (Phi) is 3.46. The Labute approximate surface area is 127 Å². The highest BCUT2D eigenvalue weighted by molar-refractivity contribution is 7.90. The highest BCUT2D eigenvalue weighted by Crippen LogP contribution is 2.18. The molecule has 1 heterocycles. The molecule has 0 atom stereocenters. The van der Waals surface area contributed by atoms with E-state index in [1.807, 2.05) is 24.3 Å². The van der Waals surface area contributed by atoms with E-state index in [0.29, 0.717) is 11.4 Å². The minimum Gasteiger partial charge on any atom is -0.351 e. The molecule has 0 aliphatic carbocycles. The molecule has 5 nitrogen and oxygen atoms in total. The minimum absolute atomic E-state index is 0.168. The number of carbonyl (C=O) groups excluding carboxylic acids is 1. The first kappa shape index (κ1) is 14.3. The van der Waals surface area contributed by atoms with E-state index in [4.69, 9.17) is 0 Å². The van der Waals surface area contributed by atoms with Crippen molar-refractivity contribution in [3.8, 4) is 0 Å². The first-order chi connectivity index (χ1) is 10.4. The number of hydrogen-bond acceptors (Lipinski definition) is 3. The summed E-state index contributed by atoms with van der Waals surface area (Å²) in [6, 6.07) is 15.5. The predicted octanol–water partition coefficient (Wildman–Crippen LogP) is 2.82. The summed E-state index contributed by atoms with van der Waals surface area (Å²) in [5.74, 6) is -0.318. The van der Waals surface area contributed by atoms with Crippen LogP contribution in [-0.2, 0) is 9.84 Å². The number of sulfone groups is 1. The van der Waals surface area contributed by atoms with Crippen molar-refractivity contribution < 1.29 is 13.2 Å². The molecule has 3 aromatic rings. The van der Waals surface area contributed by atoms with Crippen LogP contribution in [0.5, 0.6) is 0 Å². The fraction of sp³-hybridized carbons (Fsp3) is 0.0625. The Morgan fingerprint density at radius 3 is 2.55 bits per heavy atom. The van der Waals surface area contributed by atoms with Gasteiger partial charge in [-0.2, -0.15) is 0 Å². The lowest BCUT2D eigenvalue weighted by Gasteiger charge is -2.05. The second kappa shape index (κ2) is 5.31. The quantitative estimate of drug-likeness (QED) is 0.780. The van der Waals surface area contributed by atoms with Crippen molar-refractivity contribution in [1.29, 1.82) is 0 Å². The van der Waals surface area contributed by atoms with Gasteiger partial charge in [0.05, 0.1) is 4.90 Å². The van der Waals surface area contributed by atoms with Crippen LogP contribution in [0.25, 0.3) is 10.9 Å². The normalized spacial score (nSPS) is 11.5. The van der Waals surface area contributed by atoms with Crippen LogP contribution >= 0.6 is 0 Å². The van der Waals surface area contributed by atoms with Crippen LogP contribution in [-0.4, -0.2) is 25.6 Å². The molecule has 0 aliphatic heterocycles. The molecule has 0 fully saturated rings. The summed E-state index contributed by atoms with van der Waals surface area (Å²) in [4.78, 5) is 15.5. The molecule has 0 radical (unpaired) electrons. The first-order valence-corrected chi connectivity index (χ1v) is 8.52. The molecule has 2 aromatic carbocycles. The molecule has 0 saturated heterocycles. The zero-order chi connectivity index (χ0) is 15.7. The topological polar surface area (TPSA) is 79.0 Å².